The molecule has 3 aromatic rings. The van der Waals surface area contributed by atoms with Gasteiger partial charge in [-0.05, 0) is 81.1 Å². The van der Waals surface area contributed by atoms with Gasteiger partial charge in [0.1, 0.15) is 35.2 Å². The highest BCUT2D eigenvalue weighted by Gasteiger charge is 2.15. The van der Waals surface area contributed by atoms with E-state index in [1.165, 1.54) is 0 Å². The van der Waals surface area contributed by atoms with Crippen molar-refractivity contribution in [3.8, 4) is 34.1 Å². The zero-order valence-electron chi connectivity index (χ0n) is 23.8. The number of hydrogen-bond acceptors (Lipinski definition) is 6. The molecule has 0 heterocycles. The lowest BCUT2D eigenvalue weighted by atomic mass is 10.0. The maximum atomic E-state index is 11.7. The molecule has 0 aliphatic carbocycles. The fourth-order valence-electron chi connectivity index (χ4n) is 3.87. The molecule has 0 aliphatic heterocycles. The van der Waals surface area contributed by atoms with Crippen molar-refractivity contribution >= 4 is 6.09 Å². The molecule has 7 nitrogen and oxygen atoms in total. The summed E-state index contributed by atoms with van der Waals surface area (Å²) in [5, 5.41) is 2.80. The molecule has 0 unspecified atom stereocenters. The molecule has 39 heavy (non-hydrogen) atoms. The van der Waals surface area contributed by atoms with Crippen molar-refractivity contribution in [2.75, 3.05) is 27.4 Å². The Labute approximate surface area is 232 Å². The Hall–Kier alpha value is -3.87. The molecule has 0 bridgehead atoms. The van der Waals surface area contributed by atoms with Crippen LogP contribution in [0.5, 0.6) is 23.0 Å². The number of carbonyl (C=O) groups is 1. The molecule has 0 spiro atoms. The number of carbonyl (C=O) groups excluding carboxylic acids is 1. The molecular weight excluding hydrogens is 494 g/mol. The van der Waals surface area contributed by atoms with Crippen molar-refractivity contribution in [1.29, 1.82) is 0 Å². The number of ether oxygens (including phenoxy) is 5. The van der Waals surface area contributed by atoms with Crippen molar-refractivity contribution in [2.45, 2.75) is 58.7 Å². The van der Waals surface area contributed by atoms with Crippen molar-refractivity contribution in [2.24, 2.45) is 0 Å². The van der Waals surface area contributed by atoms with Crippen LogP contribution in [0, 0.1) is 0 Å². The second-order valence-electron chi connectivity index (χ2n) is 10.2. The summed E-state index contributed by atoms with van der Waals surface area (Å²) in [5.74, 6) is 3.16. The van der Waals surface area contributed by atoms with E-state index in [0.29, 0.717) is 19.8 Å². The molecule has 210 valence electrons. The molecule has 7 heteroatoms. The summed E-state index contributed by atoms with van der Waals surface area (Å²) in [4.78, 5) is 11.7. The van der Waals surface area contributed by atoms with Gasteiger partial charge in [0.05, 0.1) is 20.8 Å². The number of benzene rings is 3. The fraction of sp³-hybridized carbons (Fsp3) is 0.406. The van der Waals surface area contributed by atoms with Gasteiger partial charge in [-0.3, -0.25) is 0 Å². The summed E-state index contributed by atoms with van der Waals surface area (Å²) in [7, 11) is 3.31. The normalized spacial score (nSPS) is 11.0. The summed E-state index contributed by atoms with van der Waals surface area (Å²) in [6, 6.07) is 21.7. The zero-order valence-corrected chi connectivity index (χ0v) is 23.8. The van der Waals surface area contributed by atoms with Gasteiger partial charge < -0.3 is 29.0 Å². The van der Waals surface area contributed by atoms with Gasteiger partial charge in [-0.15, -0.1) is 0 Å². The van der Waals surface area contributed by atoms with Crippen LogP contribution in [0.4, 0.5) is 4.79 Å². The van der Waals surface area contributed by atoms with Gasteiger partial charge in [0, 0.05) is 18.2 Å². The van der Waals surface area contributed by atoms with E-state index in [4.69, 9.17) is 23.7 Å². The van der Waals surface area contributed by atoms with Crippen LogP contribution in [0.2, 0.25) is 0 Å². The van der Waals surface area contributed by atoms with Gasteiger partial charge in [-0.2, -0.15) is 0 Å². The van der Waals surface area contributed by atoms with Gasteiger partial charge in [0.2, 0.25) is 0 Å². The van der Waals surface area contributed by atoms with Crippen LogP contribution in [0.15, 0.2) is 66.7 Å². The van der Waals surface area contributed by atoms with Crippen molar-refractivity contribution in [3.05, 3.63) is 72.3 Å². The Balaban J connectivity index is 1.47. The highest BCUT2D eigenvalue weighted by atomic mass is 16.6. The Morgan fingerprint density at radius 1 is 0.744 bits per heavy atom. The third-order valence-electron chi connectivity index (χ3n) is 5.92. The first-order chi connectivity index (χ1) is 18.8. The van der Waals surface area contributed by atoms with Crippen LogP contribution in [0.25, 0.3) is 11.1 Å². The third-order valence-corrected chi connectivity index (χ3v) is 5.92. The van der Waals surface area contributed by atoms with Crippen LogP contribution >= 0.6 is 0 Å². The fourth-order valence-corrected chi connectivity index (χ4v) is 3.87. The van der Waals surface area contributed by atoms with Gasteiger partial charge in [-0.1, -0.05) is 37.1 Å². The number of nitrogens with one attached hydrogen (secondary N) is 1. The molecule has 0 saturated heterocycles. The van der Waals surface area contributed by atoms with Crippen LogP contribution in [0.3, 0.4) is 0 Å². The van der Waals surface area contributed by atoms with Crippen molar-refractivity contribution < 1.29 is 28.5 Å². The quantitative estimate of drug-likeness (QED) is 0.217. The highest BCUT2D eigenvalue weighted by molar-refractivity contribution is 5.72. The molecule has 0 aliphatic rings. The summed E-state index contributed by atoms with van der Waals surface area (Å²) in [6.07, 6.45) is 3.46. The monoisotopic (exact) mass is 535 g/mol. The van der Waals surface area contributed by atoms with Crippen molar-refractivity contribution in [1.82, 2.24) is 5.32 Å². The Morgan fingerprint density at radius 3 is 2.05 bits per heavy atom. The second kappa shape index (κ2) is 14.9. The molecule has 0 aromatic heterocycles. The molecule has 0 fully saturated rings. The van der Waals surface area contributed by atoms with E-state index in [9.17, 15) is 4.79 Å². The van der Waals surface area contributed by atoms with Gasteiger partial charge >= 0.3 is 6.09 Å². The van der Waals surface area contributed by atoms with E-state index >= 15 is 0 Å². The minimum absolute atomic E-state index is 0.367. The first-order valence-corrected chi connectivity index (χ1v) is 13.4. The molecule has 3 aromatic carbocycles. The lowest BCUT2D eigenvalue weighted by Crippen LogP contribution is -2.32. The number of unbranched alkanes of at least 4 members (excludes halogenated alkanes) is 3. The van der Waals surface area contributed by atoms with E-state index in [-0.39, 0.29) is 6.09 Å². The first-order valence-electron chi connectivity index (χ1n) is 13.4. The van der Waals surface area contributed by atoms with E-state index in [1.807, 2.05) is 87.5 Å². The Kier molecular flexibility index (Phi) is 11.3. The number of alkyl carbamates (subject to hydrolysis) is 1. The third kappa shape index (κ3) is 10.4. The Bertz CT molecular complexity index is 1150. The average Bonchev–Trinajstić information content (AvgIpc) is 2.93. The molecule has 0 saturated carbocycles. The summed E-state index contributed by atoms with van der Waals surface area (Å²) >= 11 is 0. The standard InChI is InChI=1S/C32H41NO6/c1-32(2,3)39-31(34)33-20-8-6-7-9-21-37-30-22-28(36-5)18-19-29(30)25-12-16-27(17-13-25)38-23-24-10-14-26(35-4)15-11-24/h10-19,22H,6-9,20-21,23H2,1-5H3,(H,33,34). The number of rotatable bonds is 14. The van der Waals surface area contributed by atoms with Crippen molar-refractivity contribution in [3.63, 3.8) is 0 Å². The topological polar surface area (TPSA) is 75.3 Å². The van der Waals surface area contributed by atoms with Crippen LogP contribution < -0.4 is 24.3 Å². The van der Waals surface area contributed by atoms with Gasteiger partial charge in [0.25, 0.3) is 0 Å². The summed E-state index contributed by atoms with van der Waals surface area (Å²) in [5.41, 5.74) is 2.63. The largest absolute Gasteiger partial charge is 0.497 e. The summed E-state index contributed by atoms with van der Waals surface area (Å²) < 4.78 is 28.0. The molecular formula is C32H41NO6. The maximum Gasteiger partial charge on any atom is 0.407 e. The number of hydrogen-bond donors (Lipinski definition) is 1. The lowest BCUT2D eigenvalue weighted by molar-refractivity contribution is 0.0527. The van der Waals surface area contributed by atoms with Gasteiger partial charge in [0.15, 0.2) is 0 Å². The lowest BCUT2D eigenvalue weighted by Gasteiger charge is -2.19. The van der Waals surface area contributed by atoms with E-state index in [2.05, 4.69) is 5.32 Å². The SMILES string of the molecule is COc1ccc(COc2ccc(-c3ccc(OC)cc3OCCCCCCNC(=O)OC(C)(C)C)cc2)cc1. The van der Waals surface area contributed by atoms with Crippen LogP contribution in [0.1, 0.15) is 52.0 Å². The maximum absolute atomic E-state index is 11.7. The molecule has 0 radical (unpaired) electrons. The molecule has 0 atom stereocenters. The number of amides is 1. The minimum Gasteiger partial charge on any atom is -0.497 e. The number of methoxy groups -OCH3 is 2. The van der Waals surface area contributed by atoms with E-state index < -0.39 is 5.60 Å². The van der Waals surface area contributed by atoms with E-state index in [1.54, 1.807) is 14.2 Å². The minimum atomic E-state index is -0.478. The molecule has 3 rings (SSSR count). The highest BCUT2D eigenvalue weighted by Crippen LogP contribution is 2.34. The Morgan fingerprint density at radius 2 is 1.38 bits per heavy atom. The smallest absolute Gasteiger partial charge is 0.407 e. The summed E-state index contributed by atoms with van der Waals surface area (Å²) in [6.45, 7) is 7.26. The van der Waals surface area contributed by atoms with Crippen LogP contribution in [-0.2, 0) is 11.3 Å². The zero-order chi connectivity index (χ0) is 28.1. The van der Waals surface area contributed by atoms with Crippen LogP contribution in [-0.4, -0.2) is 39.1 Å². The predicted molar refractivity (Wildman–Crippen MR) is 154 cm³/mol. The predicted octanol–water partition coefficient (Wildman–Crippen LogP) is 7.41. The van der Waals surface area contributed by atoms with E-state index in [0.717, 1.165) is 65.4 Å². The van der Waals surface area contributed by atoms with Gasteiger partial charge in [-0.25, -0.2) is 4.79 Å². The first kappa shape index (κ1) is 29.7. The second-order valence-corrected chi connectivity index (χ2v) is 10.2. The average molecular weight is 536 g/mol. The molecule has 1 amide bonds. The molecule has 1 N–H and O–H groups in total.